The fraction of sp³-hybridized carbons (Fsp3) is 0.647. The first-order chi connectivity index (χ1) is 9.60. The highest BCUT2D eigenvalue weighted by Gasteiger charge is 2.37. The smallest absolute Gasteiger partial charge is 0.311 e. The lowest BCUT2D eigenvalue weighted by atomic mass is 9.75. The Balaban J connectivity index is 2.22. The van der Waals surface area contributed by atoms with Crippen LogP contribution in [0.15, 0.2) is 24.3 Å². The first-order valence-electron chi connectivity index (χ1n) is 7.51. The topological polar surface area (TPSA) is 12.0 Å². The number of halogens is 3. The van der Waals surface area contributed by atoms with E-state index in [9.17, 15) is 13.2 Å². The minimum absolute atomic E-state index is 0.0670. The molecule has 1 saturated heterocycles. The molecule has 21 heavy (non-hydrogen) atoms. The molecule has 0 saturated carbocycles. The van der Waals surface area contributed by atoms with Crippen LogP contribution in [0.5, 0.6) is 0 Å². The lowest BCUT2D eigenvalue weighted by Gasteiger charge is -2.36. The van der Waals surface area contributed by atoms with Gasteiger partial charge in [0.25, 0.3) is 0 Å². The summed E-state index contributed by atoms with van der Waals surface area (Å²) in [7, 11) is 0. The van der Waals surface area contributed by atoms with Crippen molar-refractivity contribution in [1.82, 2.24) is 5.32 Å². The van der Waals surface area contributed by atoms with E-state index < -0.39 is 11.7 Å². The van der Waals surface area contributed by atoms with Gasteiger partial charge in [-0.05, 0) is 49.3 Å². The summed E-state index contributed by atoms with van der Waals surface area (Å²) in [5.41, 5.74) is 0.300. The molecule has 118 valence electrons. The maximum Gasteiger partial charge on any atom is 0.416 e. The molecular weight excluding hydrogens is 275 g/mol. The number of nitrogens with one attached hydrogen (secondary N) is 1. The number of hydrogen-bond acceptors (Lipinski definition) is 1. The van der Waals surface area contributed by atoms with Crippen LogP contribution in [-0.4, -0.2) is 12.1 Å². The van der Waals surface area contributed by atoms with Gasteiger partial charge >= 0.3 is 6.18 Å². The highest BCUT2D eigenvalue weighted by atomic mass is 19.4. The van der Waals surface area contributed by atoms with E-state index in [-0.39, 0.29) is 11.0 Å². The molecule has 1 aliphatic rings. The molecule has 1 N–H and O–H groups in total. The summed E-state index contributed by atoms with van der Waals surface area (Å²) >= 11 is 0. The predicted octanol–water partition coefficient (Wildman–Crippen LogP) is 4.81. The van der Waals surface area contributed by atoms with Gasteiger partial charge in [-0.2, -0.15) is 13.2 Å². The third-order valence-electron chi connectivity index (χ3n) is 4.00. The molecule has 1 heterocycles. The lowest BCUT2D eigenvalue weighted by Crippen LogP contribution is -2.45. The molecule has 0 aromatic heterocycles. The van der Waals surface area contributed by atoms with Crippen molar-refractivity contribution in [2.75, 3.05) is 6.54 Å². The summed E-state index contributed by atoms with van der Waals surface area (Å²) in [5, 5.41) is 3.55. The molecule has 1 unspecified atom stereocenters. The van der Waals surface area contributed by atoms with Gasteiger partial charge in [-0.25, -0.2) is 0 Å². The van der Waals surface area contributed by atoms with E-state index in [0.29, 0.717) is 6.42 Å². The molecule has 1 aromatic rings. The van der Waals surface area contributed by atoms with Gasteiger partial charge in [0, 0.05) is 5.54 Å². The quantitative estimate of drug-likeness (QED) is 0.845. The summed E-state index contributed by atoms with van der Waals surface area (Å²) < 4.78 is 38.5. The average molecular weight is 299 g/mol. The fourth-order valence-electron chi connectivity index (χ4n) is 3.50. The Kier molecular flexibility index (Phi) is 4.39. The minimum Gasteiger partial charge on any atom is -0.311 e. The van der Waals surface area contributed by atoms with Crippen molar-refractivity contribution in [3.05, 3.63) is 35.4 Å². The molecular formula is C17H24F3N. The Hall–Kier alpha value is -1.03. The van der Waals surface area contributed by atoms with Crippen molar-refractivity contribution in [1.29, 1.82) is 0 Å². The summed E-state index contributed by atoms with van der Waals surface area (Å²) in [4.78, 5) is 0. The van der Waals surface area contributed by atoms with Gasteiger partial charge in [0.05, 0.1) is 5.56 Å². The first kappa shape index (κ1) is 16.3. The fourth-order valence-corrected chi connectivity index (χ4v) is 3.50. The van der Waals surface area contributed by atoms with Crippen LogP contribution in [0.25, 0.3) is 0 Å². The third kappa shape index (κ3) is 4.47. The number of benzene rings is 1. The molecule has 0 amide bonds. The van der Waals surface area contributed by atoms with Gasteiger partial charge in [-0.1, -0.05) is 39.0 Å². The average Bonchev–Trinajstić information content (AvgIpc) is 2.74. The van der Waals surface area contributed by atoms with E-state index in [1.54, 1.807) is 6.07 Å². The standard InChI is InChI=1S/C17H24F3N/c1-15(2,3)12-16(8-5-9-21-16)11-13-6-4-7-14(10-13)17(18,19)20/h4,6-7,10,21H,5,8-9,11-12H2,1-3H3. The second-order valence-electron chi connectivity index (χ2n) is 7.42. The Bertz CT molecular complexity index is 480. The zero-order valence-corrected chi connectivity index (χ0v) is 13.0. The Morgan fingerprint density at radius 1 is 1.19 bits per heavy atom. The Labute approximate surface area is 124 Å². The highest BCUT2D eigenvalue weighted by molar-refractivity contribution is 5.27. The SMILES string of the molecule is CC(C)(C)CC1(Cc2cccc(C(F)(F)F)c2)CCCN1. The van der Waals surface area contributed by atoms with Crippen molar-refractivity contribution in [3.8, 4) is 0 Å². The van der Waals surface area contributed by atoms with E-state index in [2.05, 4.69) is 26.1 Å². The van der Waals surface area contributed by atoms with Crippen LogP contribution in [0.2, 0.25) is 0 Å². The molecule has 2 rings (SSSR count). The van der Waals surface area contributed by atoms with Gasteiger partial charge in [0.15, 0.2) is 0 Å². The molecule has 0 aliphatic carbocycles. The number of hydrogen-bond donors (Lipinski definition) is 1. The number of alkyl halides is 3. The van der Waals surface area contributed by atoms with E-state index >= 15 is 0 Å². The second-order valence-corrected chi connectivity index (χ2v) is 7.42. The molecule has 4 heteroatoms. The largest absolute Gasteiger partial charge is 0.416 e. The van der Waals surface area contributed by atoms with Crippen molar-refractivity contribution < 1.29 is 13.2 Å². The zero-order chi connectivity index (χ0) is 15.7. The van der Waals surface area contributed by atoms with Gasteiger partial charge in [-0.15, -0.1) is 0 Å². The minimum atomic E-state index is -4.27. The lowest BCUT2D eigenvalue weighted by molar-refractivity contribution is -0.137. The van der Waals surface area contributed by atoms with E-state index in [1.165, 1.54) is 12.1 Å². The van der Waals surface area contributed by atoms with Crippen LogP contribution in [-0.2, 0) is 12.6 Å². The maximum atomic E-state index is 12.8. The van der Waals surface area contributed by atoms with Crippen molar-refractivity contribution in [2.45, 2.75) is 58.2 Å². The molecule has 0 spiro atoms. The predicted molar refractivity (Wildman–Crippen MR) is 79.2 cm³/mol. The Morgan fingerprint density at radius 2 is 1.90 bits per heavy atom. The van der Waals surface area contributed by atoms with Gasteiger partial charge in [-0.3, -0.25) is 0 Å². The number of rotatable bonds is 3. The summed E-state index contributed by atoms with van der Waals surface area (Å²) in [5.74, 6) is 0. The molecule has 0 radical (unpaired) electrons. The first-order valence-corrected chi connectivity index (χ1v) is 7.51. The molecule has 1 nitrogen and oxygen atoms in total. The maximum absolute atomic E-state index is 12.8. The molecule has 1 aliphatic heterocycles. The Morgan fingerprint density at radius 3 is 2.43 bits per heavy atom. The van der Waals surface area contributed by atoms with Crippen molar-refractivity contribution >= 4 is 0 Å². The van der Waals surface area contributed by atoms with Crippen molar-refractivity contribution in [3.63, 3.8) is 0 Å². The van der Waals surface area contributed by atoms with Gasteiger partial charge in [0.1, 0.15) is 0 Å². The monoisotopic (exact) mass is 299 g/mol. The van der Waals surface area contributed by atoms with Crippen LogP contribution in [0.4, 0.5) is 13.2 Å². The van der Waals surface area contributed by atoms with Crippen LogP contribution < -0.4 is 5.32 Å². The van der Waals surface area contributed by atoms with E-state index in [1.807, 2.05) is 0 Å². The van der Waals surface area contributed by atoms with Crippen LogP contribution in [0.3, 0.4) is 0 Å². The van der Waals surface area contributed by atoms with Gasteiger partial charge in [0.2, 0.25) is 0 Å². The second kappa shape index (κ2) is 5.64. The normalized spacial score (nSPS) is 23.5. The van der Waals surface area contributed by atoms with E-state index in [4.69, 9.17) is 0 Å². The van der Waals surface area contributed by atoms with Gasteiger partial charge < -0.3 is 5.32 Å². The summed E-state index contributed by atoms with van der Waals surface area (Å²) in [6, 6.07) is 5.75. The van der Waals surface area contributed by atoms with Crippen LogP contribution >= 0.6 is 0 Å². The van der Waals surface area contributed by atoms with Crippen molar-refractivity contribution in [2.24, 2.45) is 5.41 Å². The highest BCUT2D eigenvalue weighted by Crippen LogP contribution is 2.37. The zero-order valence-electron chi connectivity index (χ0n) is 13.0. The molecule has 1 atom stereocenters. The molecule has 0 bridgehead atoms. The molecule has 1 aromatic carbocycles. The van der Waals surface area contributed by atoms with E-state index in [0.717, 1.165) is 37.4 Å². The molecule has 1 fully saturated rings. The summed E-state index contributed by atoms with van der Waals surface area (Å²) in [6.45, 7) is 7.50. The summed E-state index contributed by atoms with van der Waals surface area (Å²) in [6.07, 6.45) is -0.518. The third-order valence-corrected chi connectivity index (χ3v) is 4.00. The van der Waals surface area contributed by atoms with Crippen LogP contribution in [0.1, 0.15) is 51.2 Å². The van der Waals surface area contributed by atoms with Crippen LogP contribution in [0, 0.1) is 5.41 Å².